The molecule has 1 heterocycles. The molecule has 0 aromatic heterocycles. The monoisotopic (exact) mass is 739 g/mol. The van der Waals surface area contributed by atoms with Crippen LogP contribution in [0, 0.1) is 23.2 Å². The highest BCUT2D eigenvalue weighted by Gasteiger charge is 2.45. The minimum Gasteiger partial charge on any atom is -0.346 e. The minimum atomic E-state index is -2.42. The van der Waals surface area contributed by atoms with Gasteiger partial charge in [0.05, 0.1) is 31.4 Å². The average Bonchev–Trinajstić information content (AvgIpc) is 3.42. The zero-order valence-corrected chi connectivity index (χ0v) is 32.6. The molecule has 1 fully saturated rings. The molecule has 0 bridgehead atoms. The second-order valence-electron chi connectivity index (χ2n) is 14.4. The van der Waals surface area contributed by atoms with Crippen LogP contribution < -0.4 is 26.6 Å². The van der Waals surface area contributed by atoms with Crippen molar-refractivity contribution in [2.45, 2.75) is 85.3 Å². The summed E-state index contributed by atoms with van der Waals surface area (Å²) >= 11 is -1.52. The van der Waals surface area contributed by atoms with Gasteiger partial charge >= 0.3 is 6.03 Å². The van der Waals surface area contributed by atoms with Crippen molar-refractivity contribution >= 4 is 52.6 Å². The number of hydrogen-bond acceptors (Lipinski definition) is 7. The Balaban J connectivity index is 3.34. The van der Waals surface area contributed by atoms with E-state index in [1.807, 2.05) is 39.9 Å². The van der Waals surface area contributed by atoms with Gasteiger partial charge in [0, 0.05) is 25.7 Å². The van der Waals surface area contributed by atoms with Gasteiger partial charge in [-0.05, 0) is 40.9 Å². The number of quaternary nitrogens is 1. The smallest absolute Gasteiger partial charge is 0.315 e. The Morgan fingerprint density at radius 3 is 2.30 bits per heavy atom. The third kappa shape index (κ3) is 14.4. The molecule has 0 aromatic carbocycles. The van der Waals surface area contributed by atoms with Gasteiger partial charge in [0.1, 0.15) is 17.5 Å². The molecule has 0 radical (unpaired) electrons. The summed E-state index contributed by atoms with van der Waals surface area (Å²) in [4.78, 5) is 68.6. The highest BCUT2D eigenvalue weighted by atomic mass is 32.2. The lowest BCUT2D eigenvalue weighted by molar-refractivity contribution is -0.657. The fourth-order valence-corrected chi connectivity index (χ4v) is 6.01. The molecule has 5 atom stereocenters. The maximum atomic E-state index is 14.3. The summed E-state index contributed by atoms with van der Waals surface area (Å²) in [6, 6.07) is -3.11. The molecule has 1 aliphatic heterocycles. The number of terminal acetylenes is 1. The summed E-state index contributed by atoms with van der Waals surface area (Å²) in [7, 11) is 1.55. The number of nitrogens with zero attached hydrogens (tertiary/aromatic N) is 2. The van der Waals surface area contributed by atoms with Crippen LogP contribution in [-0.2, 0) is 34.7 Å². The standard InChI is InChI=1S/C34H55N7O7S2/c1-12-15-36-29(44)26(42)30(49-19-13-2)39-28(43)25-23(20-22(3)4)14-17-41(25)31(45)27(34(8,9)10)38-32(46)37-24(33(5,6)7)21-35-16-18-40(11)50(47)48/h2,12,24-25,27,30,35H,1,14-19,21H2,3-11H3,(H,36,44)(H,39,43)(H,47,48)(H2,37,38,46)/p+2/t24-,25+,27-,30?/m1/s1. The van der Waals surface area contributed by atoms with Crippen LogP contribution in [-0.4, -0.2) is 112 Å². The lowest BCUT2D eigenvalue weighted by Gasteiger charge is -2.36. The Kier molecular flexibility index (Phi) is 18.2. The number of likely N-dealkylation sites (N-methyl/N-ethyl adjacent to an activating group) is 1. The Labute approximate surface area is 303 Å². The van der Waals surface area contributed by atoms with Crippen LogP contribution in [0.1, 0.15) is 61.8 Å². The predicted molar refractivity (Wildman–Crippen MR) is 198 cm³/mol. The number of ketones is 1. The number of carbonyl (C=O) groups is 5. The zero-order chi connectivity index (χ0) is 38.4. The largest absolute Gasteiger partial charge is 0.346 e. The molecule has 5 amide bonds. The molecule has 16 heteroatoms. The third-order valence-corrected chi connectivity index (χ3v) is 9.55. The van der Waals surface area contributed by atoms with Gasteiger partial charge in [0.15, 0.2) is 0 Å². The molecule has 7 N–H and O–H groups in total. The second kappa shape index (κ2) is 20.4. The lowest BCUT2D eigenvalue weighted by Crippen LogP contribution is -2.89. The van der Waals surface area contributed by atoms with Crippen LogP contribution in [0.5, 0.6) is 0 Å². The molecule has 1 rings (SSSR count). The SMILES string of the molecule is C#CCSC(NC(=O)[C@@H]1C(=C=C(C)C)CCN1C(=O)[C@@H](NC(=O)N[C@H](C[NH2+]CCN(C)[SH+](=O)O)C(C)(C)C)C(C)(C)C)C(=O)C(=O)NCC=C. The Hall–Kier alpha value is -3.45. The number of likely N-dealkylation sites (tertiary alicyclic amines) is 1. The van der Waals surface area contributed by atoms with E-state index in [-0.39, 0.29) is 30.3 Å². The number of hydrogen-bond donors (Lipinski definition) is 6. The zero-order valence-electron chi connectivity index (χ0n) is 30.8. The van der Waals surface area contributed by atoms with Crippen LogP contribution in [0.15, 0.2) is 29.5 Å². The van der Waals surface area contributed by atoms with Gasteiger partial charge in [-0.15, -0.1) is 30.5 Å². The van der Waals surface area contributed by atoms with Crippen LogP contribution in [0.3, 0.4) is 0 Å². The summed E-state index contributed by atoms with van der Waals surface area (Å²) in [5, 5.41) is 11.5. The number of amides is 5. The first-order chi connectivity index (χ1) is 23.1. The van der Waals surface area contributed by atoms with Gasteiger partial charge in [0.25, 0.3) is 23.0 Å². The van der Waals surface area contributed by atoms with Crippen molar-refractivity contribution in [1.82, 2.24) is 30.5 Å². The number of nitrogens with two attached hydrogens (primary N) is 1. The van der Waals surface area contributed by atoms with E-state index < -0.39 is 63.7 Å². The molecular weight excluding hydrogens is 683 g/mol. The van der Waals surface area contributed by atoms with E-state index in [2.05, 4.69) is 39.5 Å². The number of carbonyl (C=O) groups excluding carboxylic acids is 5. The Bertz CT molecular complexity index is 1390. The number of rotatable bonds is 17. The number of thioether (sulfide) groups is 1. The van der Waals surface area contributed by atoms with Gasteiger partial charge in [-0.1, -0.05) is 57.8 Å². The van der Waals surface area contributed by atoms with Crippen molar-refractivity contribution in [3.63, 3.8) is 0 Å². The van der Waals surface area contributed by atoms with Crippen molar-refractivity contribution in [3.8, 4) is 12.3 Å². The highest BCUT2D eigenvalue weighted by molar-refractivity contribution is 8.00. The van der Waals surface area contributed by atoms with Crippen molar-refractivity contribution < 1.29 is 38.1 Å². The molecule has 2 unspecified atom stereocenters. The first kappa shape index (κ1) is 44.6. The van der Waals surface area contributed by atoms with Gasteiger partial charge < -0.3 is 31.5 Å². The van der Waals surface area contributed by atoms with Crippen LogP contribution in [0.2, 0.25) is 0 Å². The van der Waals surface area contributed by atoms with Crippen molar-refractivity contribution in [2.75, 3.05) is 45.5 Å². The van der Waals surface area contributed by atoms with Crippen LogP contribution >= 0.6 is 11.8 Å². The summed E-state index contributed by atoms with van der Waals surface area (Å²) in [6.45, 7) is 20.1. The maximum Gasteiger partial charge on any atom is 0.315 e. The molecule has 1 saturated heterocycles. The van der Waals surface area contributed by atoms with E-state index in [9.17, 15) is 32.7 Å². The van der Waals surface area contributed by atoms with E-state index in [0.29, 0.717) is 31.6 Å². The highest BCUT2D eigenvalue weighted by Crippen LogP contribution is 2.29. The summed E-state index contributed by atoms with van der Waals surface area (Å²) < 4.78 is 21.8. The van der Waals surface area contributed by atoms with Crippen LogP contribution in [0.4, 0.5) is 4.79 Å². The fourth-order valence-electron chi connectivity index (χ4n) is 5.00. The Morgan fingerprint density at radius 1 is 1.14 bits per heavy atom. The van der Waals surface area contributed by atoms with Gasteiger partial charge in [-0.3, -0.25) is 19.2 Å². The quantitative estimate of drug-likeness (QED) is 0.0181. The van der Waals surface area contributed by atoms with E-state index >= 15 is 0 Å². The van der Waals surface area contributed by atoms with Gasteiger partial charge in [0.2, 0.25) is 11.8 Å². The number of Topliss-reactive ketones (excluding diaryl/α,β-unsaturated/α-hetero) is 1. The van der Waals surface area contributed by atoms with E-state index in [0.717, 1.165) is 17.3 Å². The fraction of sp³-hybridized carbons (Fsp3) is 0.647. The van der Waals surface area contributed by atoms with Crippen molar-refractivity contribution in [3.05, 3.63) is 29.5 Å². The first-order valence-corrected chi connectivity index (χ1v) is 18.6. The van der Waals surface area contributed by atoms with E-state index in [1.54, 1.807) is 27.8 Å². The maximum absolute atomic E-state index is 14.3. The average molecular weight is 740 g/mol. The summed E-state index contributed by atoms with van der Waals surface area (Å²) in [5.41, 5.74) is 3.34. The number of thiol groups is 1. The lowest BCUT2D eigenvalue weighted by atomic mass is 9.85. The molecule has 1 aliphatic rings. The molecular formula is C34H57N7O7S2+2. The number of nitrogens with one attached hydrogen (secondary N) is 4. The van der Waals surface area contributed by atoms with E-state index in [4.69, 9.17) is 6.42 Å². The molecule has 14 nitrogen and oxygen atoms in total. The molecule has 0 aliphatic carbocycles. The summed E-state index contributed by atoms with van der Waals surface area (Å²) in [6.07, 6.45) is 7.15. The third-order valence-electron chi connectivity index (χ3n) is 7.77. The second-order valence-corrected chi connectivity index (χ2v) is 16.7. The number of urea groups is 1. The molecule has 0 aromatic rings. The molecule has 0 saturated carbocycles. The van der Waals surface area contributed by atoms with Crippen LogP contribution in [0.25, 0.3) is 0 Å². The summed E-state index contributed by atoms with van der Waals surface area (Å²) in [5.74, 6) is -0.576. The first-order valence-electron chi connectivity index (χ1n) is 16.4. The Morgan fingerprint density at radius 2 is 1.78 bits per heavy atom. The molecule has 50 heavy (non-hydrogen) atoms. The molecule has 0 spiro atoms. The van der Waals surface area contributed by atoms with Crippen molar-refractivity contribution in [1.29, 1.82) is 0 Å². The van der Waals surface area contributed by atoms with Gasteiger partial charge in [-0.25, -0.2) is 4.79 Å². The minimum absolute atomic E-state index is 0.0366. The normalized spacial score (nSPS) is 17.0. The molecule has 280 valence electrons. The van der Waals surface area contributed by atoms with Crippen molar-refractivity contribution in [2.24, 2.45) is 10.8 Å². The topological polar surface area (TPSA) is 194 Å². The van der Waals surface area contributed by atoms with E-state index in [1.165, 1.54) is 15.3 Å². The van der Waals surface area contributed by atoms with Gasteiger partial charge in [-0.2, -0.15) is 4.55 Å². The predicted octanol–water partition coefficient (Wildman–Crippen LogP) is 0.467.